The Kier molecular flexibility index (Phi) is 5.48. The van der Waals surface area contributed by atoms with E-state index in [0.717, 1.165) is 0 Å². The molecule has 0 aliphatic rings. The fourth-order valence-electron chi connectivity index (χ4n) is 1.39. The van der Waals surface area contributed by atoms with E-state index in [2.05, 4.69) is 26.3 Å². The Morgan fingerprint density at radius 3 is 2.88 bits per heavy atom. The predicted molar refractivity (Wildman–Crippen MR) is 74.7 cm³/mol. The van der Waals surface area contributed by atoms with E-state index < -0.39 is 0 Å². The molecule has 0 saturated carbocycles. The maximum Gasteiger partial charge on any atom is 0.282 e. The SMILES string of the molecule is CSC(CO)C(C)Nc1cnn(C)c(=O)c1Br. The quantitative estimate of drug-likeness (QED) is 0.849. The van der Waals surface area contributed by atoms with Crippen LogP contribution in [-0.2, 0) is 7.05 Å². The van der Waals surface area contributed by atoms with E-state index in [1.165, 1.54) is 4.68 Å². The topological polar surface area (TPSA) is 67.2 Å². The molecule has 2 atom stereocenters. The van der Waals surface area contributed by atoms with Gasteiger partial charge in [-0.05, 0) is 29.1 Å². The standard InChI is InChI=1S/C10H16BrN3O2S/c1-6(8(5-15)17-3)13-7-4-12-14(2)10(16)9(7)11/h4,6,8,13,15H,5H2,1-3H3. The molecule has 1 aromatic rings. The Labute approximate surface area is 113 Å². The van der Waals surface area contributed by atoms with Crippen LogP contribution in [0.1, 0.15) is 6.92 Å². The van der Waals surface area contributed by atoms with E-state index in [1.54, 1.807) is 25.0 Å². The number of hydrogen-bond donors (Lipinski definition) is 2. The van der Waals surface area contributed by atoms with Gasteiger partial charge in [0.15, 0.2) is 0 Å². The van der Waals surface area contributed by atoms with Gasteiger partial charge in [-0.3, -0.25) is 4.79 Å². The van der Waals surface area contributed by atoms with Crippen LogP contribution in [0.25, 0.3) is 0 Å². The lowest BCUT2D eigenvalue weighted by molar-refractivity contribution is 0.288. The van der Waals surface area contributed by atoms with Crippen LogP contribution in [0.2, 0.25) is 0 Å². The summed E-state index contributed by atoms with van der Waals surface area (Å²) in [5, 5.41) is 16.4. The van der Waals surface area contributed by atoms with Gasteiger partial charge in [0, 0.05) is 18.3 Å². The molecule has 1 heterocycles. The predicted octanol–water partition coefficient (Wildman–Crippen LogP) is 1.07. The molecule has 0 aliphatic heterocycles. The van der Waals surface area contributed by atoms with Crippen LogP contribution in [0.15, 0.2) is 15.5 Å². The summed E-state index contributed by atoms with van der Waals surface area (Å²) in [6, 6.07) is 0.0419. The van der Waals surface area contributed by atoms with Gasteiger partial charge in [-0.25, -0.2) is 4.68 Å². The first-order valence-electron chi connectivity index (χ1n) is 5.13. The first-order chi connectivity index (χ1) is 8.01. The second-order valence-electron chi connectivity index (χ2n) is 3.69. The van der Waals surface area contributed by atoms with Gasteiger partial charge in [-0.15, -0.1) is 0 Å². The monoisotopic (exact) mass is 321 g/mol. The number of aliphatic hydroxyl groups is 1. The molecule has 2 N–H and O–H groups in total. The second-order valence-corrected chi connectivity index (χ2v) is 5.56. The van der Waals surface area contributed by atoms with Crippen molar-refractivity contribution in [3.8, 4) is 0 Å². The Balaban J connectivity index is 2.89. The molecule has 0 fully saturated rings. The van der Waals surface area contributed by atoms with E-state index >= 15 is 0 Å². The molecule has 0 saturated heterocycles. The maximum absolute atomic E-state index is 11.6. The highest BCUT2D eigenvalue weighted by Crippen LogP contribution is 2.20. The molecule has 0 amide bonds. The van der Waals surface area contributed by atoms with Gasteiger partial charge >= 0.3 is 0 Å². The van der Waals surface area contributed by atoms with Gasteiger partial charge in [0.25, 0.3) is 5.56 Å². The van der Waals surface area contributed by atoms with E-state index in [0.29, 0.717) is 10.2 Å². The fraction of sp³-hybridized carbons (Fsp3) is 0.600. The number of halogens is 1. The van der Waals surface area contributed by atoms with Crippen molar-refractivity contribution >= 4 is 33.4 Å². The van der Waals surface area contributed by atoms with Crippen LogP contribution in [0, 0.1) is 0 Å². The van der Waals surface area contributed by atoms with E-state index in [1.807, 2.05) is 13.2 Å². The summed E-state index contributed by atoms with van der Waals surface area (Å²) in [6.45, 7) is 2.05. The number of aryl methyl sites for hydroxylation is 1. The second kappa shape index (κ2) is 6.42. The van der Waals surface area contributed by atoms with Gasteiger partial charge < -0.3 is 10.4 Å². The lowest BCUT2D eigenvalue weighted by atomic mass is 10.2. The minimum absolute atomic E-state index is 0.0419. The van der Waals surface area contributed by atoms with Crippen molar-refractivity contribution in [2.24, 2.45) is 7.05 Å². The average molecular weight is 322 g/mol. The number of aromatic nitrogens is 2. The molecule has 1 rings (SSSR count). The zero-order valence-electron chi connectivity index (χ0n) is 9.98. The molecular weight excluding hydrogens is 306 g/mol. The van der Waals surface area contributed by atoms with Crippen LogP contribution >= 0.6 is 27.7 Å². The highest BCUT2D eigenvalue weighted by atomic mass is 79.9. The zero-order chi connectivity index (χ0) is 13.0. The van der Waals surface area contributed by atoms with Crippen LogP contribution in [0.5, 0.6) is 0 Å². The highest BCUT2D eigenvalue weighted by Gasteiger charge is 2.17. The fourth-order valence-corrected chi connectivity index (χ4v) is 2.49. The number of anilines is 1. The Morgan fingerprint density at radius 1 is 1.71 bits per heavy atom. The van der Waals surface area contributed by atoms with Crippen LogP contribution < -0.4 is 10.9 Å². The Hall–Kier alpha value is -0.530. The summed E-state index contributed by atoms with van der Waals surface area (Å²) >= 11 is 4.83. The largest absolute Gasteiger partial charge is 0.395 e. The van der Waals surface area contributed by atoms with Crippen molar-refractivity contribution in [2.75, 3.05) is 18.2 Å². The third-order valence-corrected chi connectivity index (χ3v) is 4.43. The molecule has 0 radical (unpaired) electrons. The summed E-state index contributed by atoms with van der Waals surface area (Å²) in [5.74, 6) is 0. The summed E-state index contributed by atoms with van der Waals surface area (Å²) in [6.07, 6.45) is 3.53. The zero-order valence-corrected chi connectivity index (χ0v) is 12.4. The molecule has 0 spiro atoms. The summed E-state index contributed by atoms with van der Waals surface area (Å²) < 4.78 is 1.72. The van der Waals surface area contributed by atoms with Crippen LogP contribution in [-0.4, -0.2) is 39.0 Å². The van der Waals surface area contributed by atoms with Crippen molar-refractivity contribution in [1.82, 2.24) is 9.78 Å². The lowest BCUT2D eigenvalue weighted by Gasteiger charge is -2.22. The van der Waals surface area contributed by atoms with Crippen molar-refractivity contribution in [3.63, 3.8) is 0 Å². The third kappa shape index (κ3) is 3.46. The highest BCUT2D eigenvalue weighted by molar-refractivity contribution is 9.10. The molecule has 7 heteroatoms. The number of hydrogen-bond acceptors (Lipinski definition) is 5. The van der Waals surface area contributed by atoms with Gasteiger partial charge in [0.2, 0.25) is 0 Å². The van der Waals surface area contributed by atoms with Gasteiger partial charge in [0.1, 0.15) is 4.47 Å². The molecule has 0 bridgehead atoms. The number of thioether (sulfide) groups is 1. The normalized spacial score (nSPS) is 14.4. The summed E-state index contributed by atoms with van der Waals surface area (Å²) in [4.78, 5) is 11.6. The number of nitrogens with zero attached hydrogens (tertiary/aromatic N) is 2. The molecule has 0 aromatic carbocycles. The minimum Gasteiger partial charge on any atom is -0.395 e. The average Bonchev–Trinajstić information content (AvgIpc) is 2.31. The number of rotatable bonds is 5. The van der Waals surface area contributed by atoms with Crippen molar-refractivity contribution < 1.29 is 5.11 Å². The van der Waals surface area contributed by atoms with Crippen molar-refractivity contribution in [2.45, 2.75) is 18.2 Å². The van der Waals surface area contributed by atoms with Gasteiger partial charge in [-0.1, -0.05) is 0 Å². The summed E-state index contributed by atoms with van der Waals surface area (Å²) in [7, 11) is 1.60. The molecule has 17 heavy (non-hydrogen) atoms. The molecular formula is C10H16BrN3O2S. The third-order valence-electron chi connectivity index (χ3n) is 2.50. The number of nitrogens with one attached hydrogen (secondary N) is 1. The van der Waals surface area contributed by atoms with Crippen LogP contribution in [0.3, 0.4) is 0 Å². The van der Waals surface area contributed by atoms with Gasteiger partial charge in [0.05, 0.1) is 18.5 Å². The molecule has 5 nitrogen and oxygen atoms in total. The van der Waals surface area contributed by atoms with Crippen molar-refractivity contribution in [3.05, 3.63) is 21.0 Å². The number of aliphatic hydroxyl groups excluding tert-OH is 1. The molecule has 96 valence electrons. The summed E-state index contributed by atoms with van der Waals surface area (Å²) in [5.41, 5.74) is 0.458. The first kappa shape index (κ1) is 14.5. The molecule has 0 aliphatic carbocycles. The Morgan fingerprint density at radius 2 is 2.35 bits per heavy atom. The van der Waals surface area contributed by atoms with Crippen LogP contribution in [0.4, 0.5) is 5.69 Å². The minimum atomic E-state index is -0.188. The van der Waals surface area contributed by atoms with Crippen molar-refractivity contribution in [1.29, 1.82) is 0 Å². The smallest absolute Gasteiger partial charge is 0.282 e. The molecule has 1 aromatic heterocycles. The molecule has 2 unspecified atom stereocenters. The van der Waals surface area contributed by atoms with Gasteiger partial charge in [-0.2, -0.15) is 16.9 Å². The maximum atomic E-state index is 11.6. The van der Waals surface area contributed by atoms with E-state index in [9.17, 15) is 9.90 Å². The first-order valence-corrected chi connectivity index (χ1v) is 7.21. The lowest BCUT2D eigenvalue weighted by Crippen LogP contribution is -2.32. The van der Waals surface area contributed by atoms with E-state index in [4.69, 9.17) is 0 Å². The Bertz CT molecular complexity index is 434. The van der Waals surface area contributed by atoms with E-state index in [-0.39, 0.29) is 23.5 Å².